The van der Waals surface area contributed by atoms with Crippen molar-refractivity contribution < 1.29 is 17.9 Å². The number of nitrogens with zero attached hydrogens (tertiary/aromatic N) is 2. The van der Waals surface area contributed by atoms with E-state index in [1.54, 1.807) is 17.0 Å². The summed E-state index contributed by atoms with van der Waals surface area (Å²) in [6.45, 7) is 7.23. The van der Waals surface area contributed by atoms with Gasteiger partial charge in [0.15, 0.2) is 0 Å². The third kappa shape index (κ3) is 3.89. The Kier molecular flexibility index (Phi) is 5.70. The number of rotatable bonds is 3. The van der Waals surface area contributed by atoms with E-state index in [0.717, 1.165) is 12.1 Å². The van der Waals surface area contributed by atoms with Crippen LogP contribution in [0, 0.1) is 0 Å². The molecule has 0 aromatic heterocycles. The lowest BCUT2D eigenvalue weighted by atomic mass is 9.91. The molecule has 7 heteroatoms. The van der Waals surface area contributed by atoms with Gasteiger partial charge in [-0.25, -0.2) is 8.42 Å². The first-order valence-electron chi connectivity index (χ1n) is 10.4. The molecule has 3 atom stereocenters. The number of hydrogen-bond donors (Lipinski definition) is 0. The van der Waals surface area contributed by atoms with Gasteiger partial charge in [-0.15, -0.1) is 0 Å². The van der Waals surface area contributed by atoms with Crippen LogP contribution in [0.3, 0.4) is 0 Å². The molecule has 2 heterocycles. The summed E-state index contributed by atoms with van der Waals surface area (Å²) in [5.74, 6) is 0.308. The molecular formula is C23H28N2O4S. The van der Waals surface area contributed by atoms with Crippen molar-refractivity contribution in [2.45, 2.75) is 50.2 Å². The molecule has 1 amide bonds. The monoisotopic (exact) mass is 428 g/mol. The Morgan fingerprint density at radius 3 is 2.27 bits per heavy atom. The number of sulfonamides is 1. The van der Waals surface area contributed by atoms with Crippen LogP contribution in [0.2, 0.25) is 0 Å². The van der Waals surface area contributed by atoms with Gasteiger partial charge >= 0.3 is 0 Å². The molecule has 0 N–H and O–H groups in total. The lowest BCUT2D eigenvalue weighted by molar-refractivity contribution is -0.0440. The summed E-state index contributed by atoms with van der Waals surface area (Å²) in [5, 5.41) is 0. The first-order valence-corrected chi connectivity index (χ1v) is 11.9. The van der Waals surface area contributed by atoms with E-state index in [9.17, 15) is 13.2 Å². The van der Waals surface area contributed by atoms with Crippen molar-refractivity contribution in [1.82, 2.24) is 4.31 Å². The number of benzene rings is 2. The summed E-state index contributed by atoms with van der Waals surface area (Å²) in [4.78, 5) is 15.2. The topological polar surface area (TPSA) is 66.9 Å². The molecule has 30 heavy (non-hydrogen) atoms. The van der Waals surface area contributed by atoms with Crippen LogP contribution >= 0.6 is 0 Å². The van der Waals surface area contributed by atoms with Gasteiger partial charge in [0.25, 0.3) is 5.91 Å². The number of hydrogen-bond acceptors (Lipinski definition) is 4. The normalized spacial score (nSPS) is 25.0. The van der Waals surface area contributed by atoms with Crippen molar-refractivity contribution in [3.63, 3.8) is 0 Å². The average molecular weight is 429 g/mol. The highest BCUT2D eigenvalue weighted by Crippen LogP contribution is 2.35. The summed E-state index contributed by atoms with van der Waals surface area (Å²) in [7, 11) is -3.62. The molecule has 0 aliphatic carbocycles. The minimum absolute atomic E-state index is 0.105. The van der Waals surface area contributed by atoms with Crippen LogP contribution in [0.5, 0.6) is 0 Å². The minimum atomic E-state index is -3.62. The average Bonchev–Trinajstić information content (AvgIpc) is 2.73. The molecule has 2 aliphatic rings. The van der Waals surface area contributed by atoms with E-state index in [0.29, 0.717) is 31.1 Å². The smallest absolute Gasteiger partial charge is 0.258 e. The first kappa shape index (κ1) is 21.0. The fourth-order valence-corrected chi connectivity index (χ4v) is 5.95. The van der Waals surface area contributed by atoms with Crippen LogP contribution in [-0.4, -0.2) is 50.5 Å². The number of carbonyl (C=O) groups is 1. The van der Waals surface area contributed by atoms with Gasteiger partial charge < -0.3 is 9.64 Å². The Balaban J connectivity index is 1.57. The number of morpholine rings is 1. The molecule has 0 spiro atoms. The molecule has 160 valence electrons. The van der Waals surface area contributed by atoms with Crippen molar-refractivity contribution in [3.8, 4) is 0 Å². The van der Waals surface area contributed by atoms with Gasteiger partial charge in [0.05, 0.1) is 17.1 Å². The molecule has 6 nitrogen and oxygen atoms in total. The van der Waals surface area contributed by atoms with Crippen LogP contribution in [0.25, 0.3) is 0 Å². The Hall–Kier alpha value is -2.22. The van der Waals surface area contributed by atoms with E-state index in [1.807, 2.05) is 32.0 Å². The summed E-state index contributed by atoms with van der Waals surface area (Å²) in [5.41, 5.74) is 2.60. The molecule has 1 fully saturated rings. The number of fused-ring (bicyclic) bond motifs is 1. The molecular weight excluding hydrogens is 400 g/mol. The van der Waals surface area contributed by atoms with Crippen molar-refractivity contribution in [3.05, 3.63) is 59.7 Å². The molecule has 0 radical (unpaired) electrons. The van der Waals surface area contributed by atoms with Gasteiger partial charge in [-0.2, -0.15) is 4.31 Å². The minimum Gasteiger partial charge on any atom is -0.373 e. The molecule has 0 bridgehead atoms. The van der Waals surface area contributed by atoms with Crippen LogP contribution in [0.15, 0.2) is 53.4 Å². The van der Waals surface area contributed by atoms with Gasteiger partial charge in [-0.05, 0) is 62.1 Å². The summed E-state index contributed by atoms with van der Waals surface area (Å²) < 4.78 is 33.2. The maximum absolute atomic E-state index is 13.2. The number of carbonyl (C=O) groups excluding carboxylic acids is 1. The molecule has 2 aromatic carbocycles. The Morgan fingerprint density at radius 2 is 1.60 bits per heavy atom. The van der Waals surface area contributed by atoms with Crippen molar-refractivity contribution in [2.75, 3.05) is 24.5 Å². The quantitative estimate of drug-likeness (QED) is 0.749. The SMILES string of the molecule is CC1CN(S(=O)(=O)c2ccc(C(=O)N3CCC(C)c4ccccc43)cc2)CC(C)O1. The van der Waals surface area contributed by atoms with E-state index in [1.165, 1.54) is 22.0 Å². The van der Waals surface area contributed by atoms with Gasteiger partial charge in [0.1, 0.15) is 0 Å². The van der Waals surface area contributed by atoms with E-state index in [-0.39, 0.29) is 23.0 Å². The van der Waals surface area contributed by atoms with Gasteiger partial charge in [0.2, 0.25) is 10.0 Å². The van der Waals surface area contributed by atoms with E-state index in [4.69, 9.17) is 4.74 Å². The fraction of sp³-hybridized carbons (Fsp3) is 0.435. The van der Waals surface area contributed by atoms with Crippen LogP contribution < -0.4 is 4.90 Å². The fourth-order valence-electron chi connectivity index (χ4n) is 4.36. The van der Waals surface area contributed by atoms with Gasteiger partial charge in [-0.3, -0.25) is 4.79 Å². The zero-order chi connectivity index (χ0) is 21.5. The van der Waals surface area contributed by atoms with Crippen molar-refractivity contribution in [1.29, 1.82) is 0 Å². The van der Waals surface area contributed by atoms with E-state index < -0.39 is 10.0 Å². The third-order valence-corrected chi connectivity index (χ3v) is 7.76. The second-order valence-electron chi connectivity index (χ2n) is 8.31. The van der Waals surface area contributed by atoms with Gasteiger partial charge in [0, 0.05) is 30.9 Å². The molecule has 2 aromatic rings. The molecule has 4 rings (SSSR count). The Morgan fingerprint density at radius 1 is 0.967 bits per heavy atom. The van der Waals surface area contributed by atoms with Gasteiger partial charge in [-0.1, -0.05) is 25.1 Å². The predicted molar refractivity (Wildman–Crippen MR) is 116 cm³/mol. The standard InChI is InChI=1S/C23H28N2O4S/c1-16-12-13-25(22-7-5-4-6-21(16)22)23(26)19-8-10-20(11-9-19)30(27,28)24-14-17(2)29-18(3)15-24/h4-11,16-18H,12-15H2,1-3H3. The number of anilines is 1. The summed E-state index contributed by atoms with van der Waals surface area (Å²) >= 11 is 0. The summed E-state index contributed by atoms with van der Waals surface area (Å²) in [6, 6.07) is 14.3. The lowest BCUT2D eigenvalue weighted by Gasteiger charge is -2.34. The largest absolute Gasteiger partial charge is 0.373 e. The van der Waals surface area contributed by atoms with Crippen LogP contribution in [0.4, 0.5) is 5.69 Å². The Bertz CT molecular complexity index is 1030. The zero-order valence-electron chi connectivity index (χ0n) is 17.6. The maximum Gasteiger partial charge on any atom is 0.258 e. The molecule has 1 saturated heterocycles. The number of amides is 1. The van der Waals surface area contributed by atoms with Crippen molar-refractivity contribution in [2.24, 2.45) is 0 Å². The second kappa shape index (κ2) is 8.13. The number of ether oxygens (including phenoxy) is 1. The van der Waals surface area contributed by atoms with Crippen LogP contribution in [-0.2, 0) is 14.8 Å². The predicted octanol–water partition coefficient (Wildman–Crippen LogP) is 3.64. The highest BCUT2D eigenvalue weighted by molar-refractivity contribution is 7.89. The molecule has 0 saturated carbocycles. The third-order valence-electron chi connectivity index (χ3n) is 5.91. The number of para-hydroxylation sites is 1. The van der Waals surface area contributed by atoms with E-state index >= 15 is 0 Å². The molecule has 3 unspecified atom stereocenters. The first-order chi connectivity index (χ1) is 14.3. The van der Waals surface area contributed by atoms with Crippen LogP contribution in [0.1, 0.15) is 49.0 Å². The molecule has 2 aliphatic heterocycles. The van der Waals surface area contributed by atoms with Crippen molar-refractivity contribution >= 4 is 21.6 Å². The van der Waals surface area contributed by atoms with E-state index in [2.05, 4.69) is 13.0 Å². The maximum atomic E-state index is 13.2. The highest BCUT2D eigenvalue weighted by Gasteiger charge is 2.32. The second-order valence-corrected chi connectivity index (χ2v) is 10.2. The summed E-state index contributed by atoms with van der Waals surface area (Å²) in [6.07, 6.45) is 0.611. The Labute approximate surface area is 178 Å². The lowest BCUT2D eigenvalue weighted by Crippen LogP contribution is -2.48. The zero-order valence-corrected chi connectivity index (χ0v) is 18.4. The highest BCUT2D eigenvalue weighted by atomic mass is 32.2.